The van der Waals surface area contributed by atoms with Crippen molar-refractivity contribution in [2.24, 2.45) is 0 Å². The number of halogens is 2. The third-order valence-corrected chi connectivity index (χ3v) is 8.62. The molecule has 1 aliphatic carbocycles. The first-order valence-corrected chi connectivity index (χ1v) is 12.5. The van der Waals surface area contributed by atoms with E-state index in [1.165, 1.54) is 25.4 Å². The molecule has 8 nitrogen and oxygen atoms in total. The smallest absolute Gasteiger partial charge is 0.234 e. The van der Waals surface area contributed by atoms with Crippen molar-refractivity contribution in [1.82, 2.24) is 19.6 Å². The number of sulfone groups is 1. The lowest BCUT2D eigenvalue weighted by Gasteiger charge is -2.14. The highest BCUT2D eigenvalue weighted by Gasteiger charge is 2.49. The van der Waals surface area contributed by atoms with Crippen molar-refractivity contribution in [3.63, 3.8) is 0 Å². The molecule has 1 N–H and O–H groups in total. The fraction of sp³-hybridized carbons (Fsp3) is 0.208. The Morgan fingerprint density at radius 2 is 2.06 bits per heavy atom. The van der Waals surface area contributed by atoms with Gasteiger partial charge in [0, 0.05) is 46.5 Å². The van der Waals surface area contributed by atoms with E-state index in [0.29, 0.717) is 33.8 Å². The number of rotatable bonds is 4. The Morgan fingerprint density at radius 3 is 2.91 bits per heavy atom. The summed E-state index contributed by atoms with van der Waals surface area (Å²) >= 11 is 0. The van der Waals surface area contributed by atoms with E-state index < -0.39 is 15.0 Å². The van der Waals surface area contributed by atoms with Crippen molar-refractivity contribution in [3.05, 3.63) is 70.5 Å². The molecule has 35 heavy (non-hydrogen) atoms. The van der Waals surface area contributed by atoms with E-state index in [0.717, 1.165) is 17.7 Å². The average Bonchev–Trinajstić information content (AvgIpc) is 3.20. The Bertz CT molecular complexity index is 1730. The van der Waals surface area contributed by atoms with Crippen LogP contribution in [0.3, 0.4) is 0 Å². The number of aromatic nitrogens is 4. The highest BCUT2D eigenvalue weighted by atomic mass is 32.2. The zero-order valence-electron chi connectivity index (χ0n) is 18.3. The zero-order valence-corrected chi connectivity index (χ0v) is 19.1. The van der Waals surface area contributed by atoms with Crippen molar-refractivity contribution in [2.75, 3.05) is 5.32 Å². The van der Waals surface area contributed by atoms with Gasteiger partial charge in [-0.2, -0.15) is 4.39 Å². The van der Waals surface area contributed by atoms with Gasteiger partial charge in [-0.1, -0.05) is 6.07 Å². The molecule has 0 bridgehead atoms. The third kappa shape index (κ3) is 2.81. The topological polar surface area (TPSA) is 98.5 Å². The van der Waals surface area contributed by atoms with Crippen LogP contribution in [-0.2, 0) is 16.4 Å². The van der Waals surface area contributed by atoms with E-state index in [9.17, 15) is 17.2 Å². The Balaban J connectivity index is 1.25. The summed E-state index contributed by atoms with van der Waals surface area (Å²) in [6, 6.07) is 7.69. The number of ether oxygens (including phenoxy) is 1. The lowest BCUT2D eigenvalue weighted by atomic mass is 10.0. The minimum Gasteiger partial charge on any atom is -0.489 e. The maximum atomic E-state index is 14.7. The van der Waals surface area contributed by atoms with E-state index >= 15 is 0 Å². The van der Waals surface area contributed by atoms with Crippen LogP contribution in [-0.4, -0.2) is 34.1 Å². The van der Waals surface area contributed by atoms with Gasteiger partial charge in [0.1, 0.15) is 24.0 Å². The lowest BCUT2D eigenvalue weighted by molar-refractivity contribution is 0.318. The molecule has 0 saturated heterocycles. The van der Waals surface area contributed by atoms with Gasteiger partial charge in [0.25, 0.3) is 0 Å². The Kier molecular flexibility index (Phi) is 4.01. The lowest BCUT2D eigenvalue weighted by Crippen LogP contribution is -2.10. The molecule has 176 valence electrons. The molecule has 0 amide bonds. The summed E-state index contributed by atoms with van der Waals surface area (Å²) in [6.07, 6.45) is 4.13. The highest BCUT2D eigenvalue weighted by molar-refractivity contribution is 7.95. The number of anilines is 1. The van der Waals surface area contributed by atoms with Crippen molar-refractivity contribution in [2.45, 2.75) is 36.8 Å². The predicted octanol–water partition coefficient (Wildman–Crippen LogP) is 4.24. The van der Waals surface area contributed by atoms with Crippen LogP contribution in [0.2, 0.25) is 0 Å². The average molecular weight is 493 g/mol. The summed E-state index contributed by atoms with van der Waals surface area (Å²) in [7, 11) is -4.10. The van der Waals surface area contributed by atoms with Gasteiger partial charge in [0.15, 0.2) is 5.65 Å². The van der Waals surface area contributed by atoms with Gasteiger partial charge in [-0.05, 0) is 43.2 Å². The molecule has 11 heteroatoms. The molecule has 7 rings (SSSR count). The van der Waals surface area contributed by atoms with Gasteiger partial charge in [0.05, 0.1) is 4.90 Å². The summed E-state index contributed by atoms with van der Waals surface area (Å²) in [4.78, 5) is 4.44. The molecule has 1 fully saturated rings. The summed E-state index contributed by atoms with van der Waals surface area (Å²) < 4.78 is 60.9. The second-order valence-corrected chi connectivity index (χ2v) is 10.7. The molecule has 0 spiro atoms. The fourth-order valence-corrected chi connectivity index (χ4v) is 6.48. The molecule has 0 radical (unpaired) electrons. The molecule has 1 saturated carbocycles. The van der Waals surface area contributed by atoms with Gasteiger partial charge in [-0.3, -0.25) is 4.40 Å². The monoisotopic (exact) mass is 493 g/mol. The minimum absolute atomic E-state index is 0.0562. The quantitative estimate of drug-likeness (QED) is 0.454. The summed E-state index contributed by atoms with van der Waals surface area (Å²) in [5.41, 5.74) is 3.54. The van der Waals surface area contributed by atoms with E-state index in [4.69, 9.17) is 4.74 Å². The summed E-state index contributed by atoms with van der Waals surface area (Å²) in [5, 5.41) is 10.2. The van der Waals surface area contributed by atoms with Crippen molar-refractivity contribution in [3.8, 4) is 16.9 Å². The number of nitrogens with one attached hydrogen (secondary N) is 1. The van der Waals surface area contributed by atoms with Gasteiger partial charge >= 0.3 is 0 Å². The number of hydrogen-bond acceptors (Lipinski definition) is 7. The maximum absolute atomic E-state index is 14.7. The van der Waals surface area contributed by atoms with Crippen LogP contribution in [0.25, 0.3) is 22.3 Å². The molecular formula is C24H17F2N5O3S. The molecule has 3 aliphatic rings. The third-order valence-electron chi connectivity index (χ3n) is 6.91. The molecule has 2 aliphatic heterocycles. The van der Waals surface area contributed by atoms with Gasteiger partial charge in [0.2, 0.25) is 20.9 Å². The van der Waals surface area contributed by atoms with Crippen LogP contribution in [0.4, 0.5) is 14.7 Å². The maximum Gasteiger partial charge on any atom is 0.234 e. The molecule has 2 aromatic heterocycles. The first-order chi connectivity index (χ1) is 16.8. The summed E-state index contributed by atoms with van der Waals surface area (Å²) in [5.74, 6) is 1.10. The Labute approximate surface area is 198 Å². The van der Waals surface area contributed by atoms with E-state index in [1.54, 1.807) is 28.8 Å². The highest BCUT2D eigenvalue weighted by Crippen LogP contribution is 2.55. The minimum atomic E-state index is -4.10. The first kappa shape index (κ1) is 20.5. The number of hydrogen-bond donors (Lipinski definition) is 1. The van der Waals surface area contributed by atoms with Gasteiger partial charge < -0.3 is 10.1 Å². The Hall–Kier alpha value is -3.86. The second kappa shape index (κ2) is 6.85. The summed E-state index contributed by atoms with van der Waals surface area (Å²) in [6.45, 7) is 1.65. The van der Waals surface area contributed by atoms with E-state index in [-0.39, 0.29) is 34.9 Å². The number of allylic oxidation sites excluding steroid dienone is 1. The standard InChI is InChI=1S/C24H17F2N5O3S/c1-11-13-6-12(2-5-20(13)35(32,33)22(11)26)15-8-27-24(31-10-29-30-23(15)31)28-9-16-17(25)3-4-18-21(16)14-7-19(14)34-18/h2-6,8,10,14,19H,7,9H2,1H3,(H,27,28)/t14-,19?/m0/s1. The van der Waals surface area contributed by atoms with Gasteiger partial charge in [-0.25, -0.2) is 17.8 Å². The van der Waals surface area contributed by atoms with Crippen LogP contribution in [0.15, 0.2) is 52.9 Å². The molecule has 1 unspecified atom stereocenters. The van der Waals surface area contributed by atoms with Crippen LogP contribution in [0.1, 0.15) is 36.0 Å². The van der Waals surface area contributed by atoms with Crippen LogP contribution in [0.5, 0.6) is 5.75 Å². The van der Waals surface area contributed by atoms with Gasteiger partial charge in [-0.15, -0.1) is 10.2 Å². The number of benzene rings is 2. The molecule has 4 aromatic rings. The van der Waals surface area contributed by atoms with Crippen LogP contribution < -0.4 is 10.1 Å². The van der Waals surface area contributed by atoms with E-state index in [1.807, 2.05) is 0 Å². The van der Waals surface area contributed by atoms with E-state index in [2.05, 4.69) is 20.5 Å². The number of fused-ring (bicyclic) bond motifs is 5. The van der Waals surface area contributed by atoms with Crippen molar-refractivity contribution >= 4 is 27.0 Å². The predicted molar refractivity (Wildman–Crippen MR) is 123 cm³/mol. The van der Waals surface area contributed by atoms with Crippen molar-refractivity contribution < 1.29 is 21.9 Å². The van der Waals surface area contributed by atoms with Crippen LogP contribution in [0, 0.1) is 5.82 Å². The van der Waals surface area contributed by atoms with Crippen molar-refractivity contribution in [1.29, 1.82) is 0 Å². The van der Waals surface area contributed by atoms with Crippen LogP contribution >= 0.6 is 0 Å². The SMILES string of the molecule is CC1=C(F)S(=O)(=O)c2ccc(-c3cnc(NCc4c(F)ccc5c4[C@H]4CC4O5)n4cnnc34)cc21. The second-order valence-electron chi connectivity index (χ2n) is 8.92. The molecule has 4 heterocycles. The normalized spacial score (nSPS) is 21.0. The molecule has 2 aromatic carbocycles. The first-order valence-electron chi connectivity index (χ1n) is 11.0. The zero-order chi connectivity index (χ0) is 24.1. The largest absolute Gasteiger partial charge is 0.489 e. The number of nitrogens with zero attached hydrogens (tertiary/aromatic N) is 4. The fourth-order valence-electron chi connectivity index (χ4n) is 5.02. The Morgan fingerprint density at radius 1 is 1.20 bits per heavy atom. The molecular weight excluding hydrogens is 476 g/mol. The molecule has 2 atom stereocenters.